The fourth-order valence-electron chi connectivity index (χ4n) is 4.72. The molecule has 0 unspecified atom stereocenters. The highest BCUT2D eigenvalue weighted by atomic mass is 32.1. The smallest absolute Gasteiger partial charge is 0.126 e. The van der Waals surface area contributed by atoms with Crippen molar-refractivity contribution >= 4 is 11.3 Å². The van der Waals surface area contributed by atoms with Crippen LogP contribution in [0.4, 0.5) is 0 Å². The van der Waals surface area contributed by atoms with Crippen molar-refractivity contribution in [1.29, 1.82) is 0 Å². The summed E-state index contributed by atoms with van der Waals surface area (Å²) < 4.78 is 17.9. The molecule has 1 saturated carbocycles. The second kappa shape index (κ2) is 7.63. The number of rotatable bonds is 5. The van der Waals surface area contributed by atoms with E-state index < -0.39 is 6.10 Å². The lowest BCUT2D eigenvalue weighted by molar-refractivity contribution is -0.0812. The maximum absolute atomic E-state index is 10.6. The van der Waals surface area contributed by atoms with E-state index in [0.29, 0.717) is 24.6 Å². The molecule has 0 spiro atoms. The molecule has 2 N–H and O–H groups in total. The van der Waals surface area contributed by atoms with Crippen molar-refractivity contribution in [3.63, 3.8) is 0 Å². The maximum Gasteiger partial charge on any atom is 0.126 e. The van der Waals surface area contributed by atoms with Crippen LogP contribution in [0.15, 0.2) is 23.6 Å². The molecule has 150 valence electrons. The van der Waals surface area contributed by atoms with Gasteiger partial charge >= 0.3 is 0 Å². The maximum atomic E-state index is 10.6. The summed E-state index contributed by atoms with van der Waals surface area (Å²) in [5.74, 6) is 2.08. The normalized spacial score (nSPS) is 31.3. The molecule has 3 heterocycles. The van der Waals surface area contributed by atoms with Crippen molar-refractivity contribution in [1.82, 2.24) is 4.98 Å². The van der Waals surface area contributed by atoms with Gasteiger partial charge in [0.05, 0.1) is 37.7 Å². The van der Waals surface area contributed by atoms with Crippen LogP contribution in [0.5, 0.6) is 11.5 Å². The molecule has 0 radical (unpaired) electrons. The van der Waals surface area contributed by atoms with Gasteiger partial charge in [-0.05, 0) is 30.4 Å². The first-order valence-corrected chi connectivity index (χ1v) is 10.9. The Balaban J connectivity index is 1.22. The number of benzene rings is 1. The summed E-state index contributed by atoms with van der Waals surface area (Å²) in [6.45, 7) is 1.18. The summed E-state index contributed by atoms with van der Waals surface area (Å²) in [6, 6.07) is 6.01. The first kappa shape index (κ1) is 18.4. The minimum Gasteiger partial charge on any atom is -0.493 e. The summed E-state index contributed by atoms with van der Waals surface area (Å²) in [5, 5.41) is 22.6. The molecule has 5 atom stereocenters. The largest absolute Gasteiger partial charge is 0.493 e. The summed E-state index contributed by atoms with van der Waals surface area (Å²) in [6.07, 6.45) is 3.05. The van der Waals surface area contributed by atoms with E-state index in [1.807, 2.05) is 17.5 Å². The number of thiazole rings is 1. The van der Waals surface area contributed by atoms with Crippen LogP contribution >= 0.6 is 11.3 Å². The van der Waals surface area contributed by atoms with E-state index in [-0.39, 0.29) is 24.7 Å². The van der Waals surface area contributed by atoms with Gasteiger partial charge in [0.15, 0.2) is 0 Å². The lowest BCUT2D eigenvalue weighted by atomic mass is 9.87. The van der Waals surface area contributed by atoms with Gasteiger partial charge in [-0.15, -0.1) is 11.3 Å². The van der Waals surface area contributed by atoms with Crippen LogP contribution in [0.2, 0.25) is 0 Å². The third-order valence-corrected chi connectivity index (χ3v) is 7.20. The summed E-state index contributed by atoms with van der Waals surface area (Å²) in [4.78, 5) is 4.45. The van der Waals surface area contributed by atoms with Gasteiger partial charge in [-0.3, -0.25) is 0 Å². The van der Waals surface area contributed by atoms with Crippen molar-refractivity contribution in [2.75, 3.05) is 13.2 Å². The Hall–Kier alpha value is -1.67. The standard InChI is InChI=1S/C21H25NO5S/c23-9-13-11-28-21(22-13)18-4-3-15-16(17(24)8-20(15)27-18)10-26-14-2-1-12-5-6-25-19(12)7-14/h1-2,7,11,15-18,20,23-24H,3-6,8-10H2/t15-,16-,17+,18-,20+/m1/s1. The van der Waals surface area contributed by atoms with E-state index in [4.69, 9.17) is 14.2 Å². The van der Waals surface area contributed by atoms with Gasteiger partial charge in [-0.2, -0.15) is 0 Å². The minimum atomic E-state index is -0.413. The first-order chi connectivity index (χ1) is 13.7. The van der Waals surface area contributed by atoms with Gasteiger partial charge in [-0.1, -0.05) is 6.07 Å². The second-order valence-electron chi connectivity index (χ2n) is 7.89. The molecule has 1 saturated heterocycles. The van der Waals surface area contributed by atoms with E-state index in [2.05, 4.69) is 11.1 Å². The van der Waals surface area contributed by atoms with Crippen molar-refractivity contribution < 1.29 is 24.4 Å². The van der Waals surface area contributed by atoms with E-state index in [1.54, 1.807) is 0 Å². The summed E-state index contributed by atoms with van der Waals surface area (Å²) in [7, 11) is 0. The average molecular weight is 404 g/mol. The minimum absolute atomic E-state index is 0.0344. The number of nitrogens with zero attached hydrogens (tertiary/aromatic N) is 1. The zero-order chi connectivity index (χ0) is 19.1. The van der Waals surface area contributed by atoms with Crippen molar-refractivity contribution in [2.45, 2.75) is 50.6 Å². The molecule has 1 aliphatic carbocycles. The highest BCUT2D eigenvalue weighted by molar-refractivity contribution is 7.09. The molecule has 2 aromatic rings. The molecule has 1 aromatic carbocycles. The van der Waals surface area contributed by atoms with Gasteiger partial charge in [0.25, 0.3) is 0 Å². The molecule has 28 heavy (non-hydrogen) atoms. The van der Waals surface area contributed by atoms with Crippen LogP contribution in [0, 0.1) is 11.8 Å². The zero-order valence-electron chi connectivity index (χ0n) is 15.6. The van der Waals surface area contributed by atoms with E-state index in [1.165, 1.54) is 16.9 Å². The molecule has 2 fully saturated rings. The quantitative estimate of drug-likeness (QED) is 0.799. The topological polar surface area (TPSA) is 81.0 Å². The number of hydrogen-bond donors (Lipinski definition) is 2. The van der Waals surface area contributed by atoms with Gasteiger partial charge < -0.3 is 24.4 Å². The van der Waals surface area contributed by atoms with Crippen LogP contribution < -0.4 is 9.47 Å². The van der Waals surface area contributed by atoms with Crippen molar-refractivity contribution in [3.8, 4) is 11.5 Å². The lowest BCUT2D eigenvalue weighted by Crippen LogP contribution is -2.33. The molecule has 2 aliphatic heterocycles. The first-order valence-electron chi connectivity index (χ1n) is 9.98. The Morgan fingerprint density at radius 2 is 2.21 bits per heavy atom. The van der Waals surface area contributed by atoms with Gasteiger partial charge in [0, 0.05) is 30.2 Å². The average Bonchev–Trinajstić information content (AvgIpc) is 3.43. The Labute approximate surface area is 168 Å². The highest BCUT2D eigenvalue weighted by Crippen LogP contribution is 2.46. The Bertz CT molecular complexity index is 840. The summed E-state index contributed by atoms with van der Waals surface area (Å²) >= 11 is 1.54. The number of hydrogen-bond acceptors (Lipinski definition) is 7. The fraction of sp³-hybridized carbons (Fsp3) is 0.571. The second-order valence-corrected chi connectivity index (χ2v) is 8.78. The molecular weight excluding hydrogens is 378 g/mol. The molecular formula is C21H25NO5S. The van der Waals surface area contributed by atoms with Crippen molar-refractivity contribution in [2.24, 2.45) is 11.8 Å². The SMILES string of the molecule is OCc1csc([C@H]2CC[C@@H]3[C@@H](COc4ccc5c(c4)OCC5)[C@@H](O)C[C@@H]3O2)n1. The third kappa shape index (κ3) is 3.41. The molecule has 5 rings (SSSR count). The molecule has 0 amide bonds. The monoisotopic (exact) mass is 403 g/mol. The van der Waals surface area contributed by atoms with E-state index in [9.17, 15) is 10.2 Å². The number of aliphatic hydroxyl groups excluding tert-OH is 2. The Kier molecular flexibility index (Phi) is 5.00. The summed E-state index contributed by atoms with van der Waals surface area (Å²) in [5.41, 5.74) is 1.92. The van der Waals surface area contributed by atoms with Gasteiger partial charge in [-0.25, -0.2) is 4.98 Å². The number of aromatic nitrogens is 1. The third-order valence-electron chi connectivity index (χ3n) is 6.21. The molecule has 3 aliphatic rings. The molecule has 7 heteroatoms. The van der Waals surface area contributed by atoms with Crippen LogP contribution in [0.3, 0.4) is 0 Å². The predicted molar refractivity (Wildman–Crippen MR) is 104 cm³/mol. The van der Waals surface area contributed by atoms with Crippen molar-refractivity contribution in [3.05, 3.63) is 39.8 Å². The number of aliphatic hydroxyl groups is 2. The lowest BCUT2D eigenvalue weighted by Gasteiger charge is -2.33. The van der Waals surface area contributed by atoms with Gasteiger partial charge in [0.1, 0.15) is 22.6 Å². The number of fused-ring (bicyclic) bond motifs is 2. The molecule has 1 aromatic heterocycles. The number of ether oxygens (including phenoxy) is 3. The van der Waals surface area contributed by atoms with Crippen LogP contribution in [0.25, 0.3) is 0 Å². The Morgan fingerprint density at radius 1 is 1.29 bits per heavy atom. The van der Waals surface area contributed by atoms with Crippen LogP contribution in [-0.4, -0.2) is 40.6 Å². The van der Waals surface area contributed by atoms with E-state index >= 15 is 0 Å². The Morgan fingerprint density at radius 3 is 3.07 bits per heavy atom. The van der Waals surface area contributed by atoms with Crippen LogP contribution in [-0.2, 0) is 17.8 Å². The zero-order valence-corrected chi connectivity index (χ0v) is 16.4. The highest BCUT2D eigenvalue weighted by Gasteiger charge is 2.47. The molecule has 6 nitrogen and oxygen atoms in total. The van der Waals surface area contributed by atoms with E-state index in [0.717, 1.165) is 42.4 Å². The fourth-order valence-corrected chi connectivity index (χ4v) is 5.60. The molecule has 0 bridgehead atoms. The predicted octanol–water partition coefficient (Wildman–Crippen LogP) is 2.87. The van der Waals surface area contributed by atoms with Crippen LogP contribution in [0.1, 0.15) is 41.6 Å². The van der Waals surface area contributed by atoms with Gasteiger partial charge in [0.2, 0.25) is 0 Å².